The SMILES string of the molecule is CC(C)N(C(=O)c1c(C=O)cccc1-c1ccccc1)C(C)C. The summed E-state index contributed by atoms with van der Waals surface area (Å²) in [6.45, 7) is 7.96. The molecule has 0 unspecified atom stereocenters. The first-order valence-electron chi connectivity index (χ1n) is 7.93. The fourth-order valence-corrected chi connectivity index (χ4v) is 2.96. The molecule has 2 rings (SSSR count). The Balaban J connectivity index is 2.65. The minimum absolute atomic E-state index is 0.0610. The molecular formula is C20H23NO2. The van der Waals surface area contributed by atoms with Crippen molar-refractivity contribution in [1.29, 1.82) is 0 Å². The topological polar surface area (TPSA) is 37.4 Å². The van der Waals surface area contributed by atoms with Crippen molar-refractivity contribution in [2.75, 3.05) is 0 Å². The Morgan fingerprint density at radius 3 is 2.04 bits per heavy atom. The number of nitrogens with zero attached hydrogens (tertiary/aromatic N) is 1. The lowest BCUT2D eigenvalue weighted by Crippen LogP contribution is -2.42. The van der Waals surface area contributed by atoms with Gasteiger partial charge in [-0.1, -0.05) is 48.5 Å². The minimum Gasteiger partial charge on any atom is -0.334 e. The molecule has 1 amide bonds. The smallest absolute Gasteiger partial charge is 0.255 e. The first-order valence-corrected chi connectivity index (χ1v) is 7.93. The largest absolute Gasteiger partial charge is 0.334 e. The Morgan fingerprint density at radius 1 is 0.913 bits per heavy atom. The lowest BCUT2D eigenvalue weighted by molar-refractivity contribution is 0.0642. The van der Waals surface area contributed by atoms with E-state index in [0.717, 1.165) is 17.4 Å². The normalized spacial score (nSPS) is 10.9. The highest BCUT2D eigenvalue weighted by Gasteiger charge is 2.26. The maximum Gasteiger partial charge on any atom is 0.255 e. The first kappa shape index (κ1) is 16.9. The summed E-state index contributed by atoms with van der Waals surface area (Å²) in [6, 6.07) is 15.2. The molecule has 0 saturated carbocycles. The van der Waals surface area contributed by atoms with Crippen LogP contribution in [0.4, 0.5) is 0 Å². The number of carbonyl (C=O) groups excluding carboxylic acids is 2. The summed E-state index contributed by atoms with van der Waals surface area (Å²) in [5.74, 6) is -0.100. The number of aldehydes is 1. The second-order valence-electron chi connectivity index (χ2n) is 6.15. The van der Waals surface area contributed by atoms with Crippen LogP contribution in [0.25, 0.3) is 11.1 Å². The monoisotopic (exact) mass is 309 g/mol. The minimum atomic E-state index is -0.100. The number of hydrogen-bond donors (Lipinski definition) is 0. The molecule has 0 heterocycles. The molecule has 3 heteroatoms. The summed E-state index contributed by atoms with van der Waals surface area (Å²) in [6.07, 6.45) is 0.762. The molecule has 2 aromatic rings. The van der Waals surface area contributed by atoms with Gasteiger partial charge in [0.25, 0.3) is 5.91 Å². The second-order valence-corrected chi connectivity index (χ2v) is 6.15. The zero-order valence-corrected chi connectivity index (χ0v) is 14.1. The van der Waals surface area contributed by atoms with Crippen LogP contribution in [-0.4, -0.2) is 29.2 Å². The Hall–Kier alpha value is -2.42. The summed E-state index contributed by atoms with van der Waals surface area (Å²) in [5.41, 5.74) is 2.65. The van der Waals surface area contributed by atoms with E-state index in [0.29, 0.717) is 11.1 Å². The van der Waals surface area contributed by atoms with Crippen molar-refractivity contribution >= 4 is 12.2 Å². The Morgan fingerprint density at radius 2 is 1.52 bits per heavy atom. The Labute approximate surface area is 137 Å². The average Bonchev–Trinajstić information content (AvgIpc) is 2.54. The van der Waals surface area contributed by atoms with Crippen LogP contribution in [0.1, 0.15) is 48.4 Å². The number of amides is 1. The second kappa shape index (κ2) is 7.23. The Kier molecular flexibility index (Phi) is 5.32. The van der Waals surface area contributed by atoms with Gasteiger partial charge in [0, 0.05) is 17.6 Å². The van der Waals surface area contributed by atoms with Crippen molar-refractivity contribution in [2.45, 2.75) is 39.8 Å². The first-order chi connectivity index (χ1) is 11.0. The molecular weight excluding hydrogens is 286 g/mol. The van der Waals surface area contributed by atoms with E-state index in [1.54, 1.807) is 6.07 Å². The van der Waals surface area contributed by atoms with Crippen molar-refractivity contribution in [3.05, 3.63) is 59.7 Å². The van der Waals surface area contributed by atoms with Gasteiger partial charge in [-0.25, -0.2) is 0 Å². The molecule has 0 aliphatic heterocycles. The van der Waals surface area contributed by atoms with E-state index in [9.17, 15) is 9.59 Å². The molecule has 0 aromatic heterocycles. The highest BCUT2D eigenvalue weighted by atomic mass is 16.2. The number of hydrogen-bond acceptors (Lipinski definition) is 2. The van der Waals surface area contributed by atoms with Gasteiger partial charge in [0.2, 0.25) is 0 Å². The van der Waals surface area contributed by atoms with Gasteiger partial charge in [-0.15, -0.1) is 0 Å². The molecule has 0 atom stereocenters. The van der Waals surface area contributed by atoms with Gasteiger partial charge in [-0.05, 0) is 38.8 Å². The van der Waals surface area contributed by atoms with E-state index in [2.05, 4.69) is 0 Å². The number of benzene rings is 2. The van der Waals surface area contributed by atoms with E-state index in [-0.39, 0.29) is 18.0 Å². The van der Waals surface area contributed by atoms with Crippen LogP contribution in [0.3, 0.4) is 0 Å². The van der Waals surface area contributed by atoms with Crippen LogP contribution in [0.15, 0.2) is 48.5 Å². The molecule has 23 heavy (non-hydrogen) atoms. The van der Waals surface area contributed by atoms with Crippen LogP contribution in [0.2, 0.25) is 0 Å². The van der Waals surface area contributed by atoms with Crippen LogP contribution in [0.5, 0.6) is 0 Å². The molecule has 0 aliphatic carbocycles. The molecule has 0 N–H and O–H groups in total. The lowest BCUT2D eigenvalue weighted by atomic mass is 9.94. The molecule has 0 radical (unpaired) electrons. The molecule has 0 fully saturated rings. The summed E-state index contributed by atoms with van der Waals surface area (Å²) >= 11 is 0. The van der Waals surface area contributed by atoms with Crippen molar-refractivity contribution in [3.63, 3.8) is 0 Å². The lowest BCUT2D eigenvalue weighted by Gasteiger charge is -2.32. The average molecular weight is 309 g/mol. The van der Waals surface area contributed by atoms with E-state index >= 15 is 0 Å². The van der Waals surface area contributed by atoms with Crippen molar-refractivity contribution in [2.24, 2.45) is 0 Å². The molecule has 120 valence electrons. The fourth-order valence-electron chi connectivity index (χ4n) is 2.96. The summed E-state index contributed by atoms with van der Waals surface area (Å²) in [7, 11) is 0. The van der Waals surface area contributed by atoms with E-state index in [4.69, 9.17) is 0 Å². The Bertz CT molecular complexity index is 682. The van der Waals surface area contributed by atoms with Crippen LogP contribution < -0.4 is 0 Å². The fraction of sp³-hybridized carbons (Fsp3) is 0.300. The maximum atomic E-state index is 13.2. The zero-order valence-electron chi connectivity index (χ0n) is 14.1. The van der Waals surface area contributed by atoms with Gasteiger partial charge in [0.1, 0.15) is 0 Å². The summed E-state index contributed by atoms with van der Waals surface area (Å²) < 4.78 is 0. The third-order valence-corrected chi connectivity index (χ3v) is 3.87. The van der Waals surface area contributed by atoms with Gasteiger partial charge in [-0.2, -0.15) is 0 Å². The number of carbonyl (C=O) groups is 2. The van der Waals surface area contributed by atoms with Crippen molar-refractivity contribution in [3.8, 4) is 11.1 Å². The third kappa shape index (κ3) is 3.50. The predicted octanol–water partition coefficient (Wildman–Crippen LogP) is 4.43. The standard InChI is InChI=1S/C20H23NO2/c1-14(2)21(15(3)4)20(23)19-17(13-22)11-8-12-18(19)16-9-6-5-7-10-16/h5-15H,1-4H3. The van der Waals surface area contributed by atoms with Gasteiger partial charge >= 0.3 is 0 Å². The van der Waals surface area contributed by atoms with E-state index in [1.165, 1.54) is 0 Å². The molecule has 0 aliphatic rings. The zero-order chi connectivity index (χ0) is 17.0. The maximum absolute atomic E-state index is 13.2. The highest BCUT2D eigenvalue weighted by molar-refractivity contribution is 6.07. The quantitative estimate of drug-likeness (QED) is 0.766. The van der Waals surface area contributed by atoms with Gasteiger partial charge in [-0.3, -0.25) is 9.59 Å². The summed E-state index contributed by atoms with van der Waals surface area (Å²) in [5, 5.41) is 0. The molecule has 0 saturated heterocycles. The highest BCUT2D eigenvalue weighted by Crippen LogP contribution is 2.28. The van der Waals surface area contributed by atoms with Gasteiger partial charge in [0.15, 0.2) is 6.29 Å². The molecule has 3 nitrogen and oxygen atoms in total. The van der Waals surface area contributed by atoms with E-state index < -0.39 is 0 Å². The predicted molar refractivity (Wildman–Crippen MR) is 93.7 cm³/mol. The summed E-state index contributed by atoms with van der Waals surface area (Å²) in [4.78, 5) is 26.5. The van der Waals surface area contributed by atoms with Gasteiger partial charge < -0.3 is 4.90 Å². The van der Waals surface area contributed by atoms with E-state index in [1.807, 2.05) is 75.1 Å². The van der Waals surface area contributed by atoms with Gasteiger partial charge in [0.05, 0.1) is 5.56 Å². The van der Waals surface area contributed by atoms with Crippen molar-refractivity contribution in [1.82, 2.24) is 4.90 Å². The third-order valence-electron chi connectivity index (χ3n) is 3.87. The molecule has 2 aromatic carbocycles. The van der Waals surface area contributed by atoms with Crippen LogP contribution >= 0.6 is 0 Å². The van der Waals surface area contributed by atoms with Crippen LogP contribution in [0, 0.1) is 0 Å². The van der Waals surface area contributed by atoms with Crippen molar-refractivity contribution < 1.29 is 9.59 Å². The van der Waals surface area contributed by atoms with Crippen LogP contribution in [-0.2, 0) is 0 Å². The molecule has 0 spiro atoms. The molecule has 0 bridgehead atoms. The number of rotatable bonds is 5.